The average molecular weight is 111 g/mol. The van der Waals surface area contributed by atoms with E-state index in [1.807, 2.05) is 13.8 Å². The highest BCUT2D eigenvalue weighted by atomic mass is 15.3. The predicted molar refractivity (Wildman–Crippen MR) is 32.6 cm³/mol. The summed E-state index contributed by atoms with van der Waals surface area (Å²) in [5, 5.41) is 3.94. The fourth-order valence-corrected chi connectivity index (χ4v) is 0.525. The van der Waals surface area contributed by atoms with Crippen LogP contribution in [-0.4, -0.2) is 9.78 Å². The van der Waals surface area contributed by atoms with E-state index in [9.17, 15) is 0 Å². The van der Waals surface area contributed by atoms with Crippen molar-refractivity contribution in [2.24, 2.45) is 0 Å². The second kappa shape index (κ2) is 1.99. The third-order valence-electron chi connectivity index (χ3n) is 1.00. The van der Waals surface area contributed by atoms with Crippen LogP contribution in [0.2, 0.25) is 0 Å². The van der Waals surface area contributed by atoms with E-state index in [0.717, 1.165) is 0 Å². The van der Waals surface area contributed by atoms with Gasteiger partial charge in [-0.05, 0) is 19.9 Å². The Morgan fingerprint density at radius 1 is 1.75 bits per heavy atom. The van der Waals surface area contributed by atoms with E-state index in [2.05, 4.69) is 5.10 Å². The van der Waals surface area contributed by atoms with Crippen LogP contribution in [0.5, 0.6) is 0 Å². The zero-order valence-electron chi connectivity index (χ0n) is 6.13. The molecule has 0 atom stereocenters. The Balaban J connectivity index is 2.85. The highest BCUT2D eigenvalue weighted by Crippen LogP contribution is 1.98. The van der Waals surface area contributed by atoms with Gasteiger partial charge in [0, 0.05) is 18.4 Å². The van der Waals surface area contributed by atoms with Crippen molar-refractivity contribution >= 4 is 0 Å². The lowest BCUT2D eigenvalue weighted by Gasteiger charge is -2.01. The summed E-state index contributed by atoms with van der Waals surface area (Å²) >= 11 is 0. The molecular weight excluding hydrogens is 100 g/mol. The van der Waals surface area contributed by atoms with E-state index in [1.54, 1.807) is 17.1 Å². The van der Waals surface area contributed by atoms with Crippen LogP contribution < -0.4 is 0 Å². The Kier molecular flexibility index (Phi) is 1.02. The van der Waals surface area contributed by atoms with Crippen LogP contribution in [0.25, 0.3) is 0 Å². The van der Waals surface area contributed by atoms with E-state index in [4.69, 9.17) is 1.37 Å². The molecule has 0 aliphatic carbocycles. The molecule has 8 heavy (non-hydrogen) atoms. The lowest BCUT2D eigenvalue weighted by atomic mass is 10.4. The molecule has 0 aliphatic rings. The number of hydrogen-bond donors (Lipinski definition) is 0. The number of hydrogen-bond acceptors (Lipinski definition) is 1. The Bertz CT molecular complexity index is 193. The first-order valence-electron chi connectivity index (χ1n) is 3.21. The van der Waals surface area contributed by atoms with E-state index in [0.29, 0.717) is 12.1 Å². The number of rotatable bonds is 1. The van der Waals surface area contributed by atoms with Gasteiger partial charge in [0.15, 0.2) is 0 Å². The van der Waals surface area contributed by atoms with Gasteiger partial charge >= 0.3 is 0 Å². The van der Waals surface area contributed by atoms with Gasteiger partial charge in [-0.2, -0.15) is 5.10 Å². The summed E-state index contributed by atoms with van der Waals surface area (Å²) in [6.45, 7) is 4.07. The highest BCUT2D eigenvalue weighted by molar-refractivity contribution is 4.79. The lowest BCUT2D eigenvalue weighted by Crippen LogP contribution is -1.99. The summed E-state index contributed by atoms with van der Waals surface area (Å²) in [5.74, 6) is 0. The maximum atomic E-state index is 7.13. The van der Waals surface area contributed by atoms with Crippen LogP contribution >= 0.6 is 0 Å². The monoisotopic (exact) mass is 111 g/mol. The molecule has 2 nitrogen and oxygen atoms in total. The molecule has 0 unspecified atom stereocenters. The minimum atomic E-state index is 0.365. The Morgan fingerprint density at radius 2 is 2.50 bits per heavy atom. The van der Waals surface area contributed by atoms with Gasteiger partial charge in [0.05, 0.1) is 1.37 Å². The smallest absolute Gasteiger partial charge is 0.0656 e. The van der Waals surface area contributed by atoms with Gasteiger partial charge in [0.2, 0.25) is 0 Å². The van der Waals surface area contributed by atoms with Gasteiger partial charge in [-0.1, -0.05) is 0 Å². The first-order valence-corrected chi connectivity index (χ1v) is 2.71. The quantitative estimate of drug-likeness (QED) is 0.536. The van der Waals surface area contributed by atoms with Crippen LogP contribution in [0.1, 0.15) is 21.3 Å². The highest BCUT2D eigenvalue weighted by Gasteiger charge is 1.91. The second-order valence-corrected chi connectivity index (χ2v) is 2.01. The summed E-state index contributed by atoms with van der Waals surface area (Å²) in [5.41, 5.74) is 0. The van der Waals surface area contributed by atoms with Crippen molar-refractivity contribution in [2.45, 2.75) is 19.9 Å². The van der Waals surface area contributed by atoms with Crippen molar-refractivity contribution in [3.05, 3.63) is 18.4 Å². The summed E-state index contributed by atoms with van der Waals surface area (Å²) < 4.78 is 8.89. The van der Waals surface area contributed by atoms with Gasteiger partial charge in [0.25, 0.3) is 0 Å². The van der Waals surface area contributed by atoms with E-state index in [-0.39, 0.29) is 0 Å². The summed E-state index contributed by atoms with van der Waals surface area (Å²) in [7, 11) is 0. The molecule has 1 aromatic rings. The molecule has 0 saturated carbocycles. The van der Waals surface area contributed by atoms with Gasteiger partial charge in [-0.3, -0.25) is 4.68 Å². The fourth-order valence-electron chi connectivity index (χ4n) is 0.525. The molecule has 0 spiro atoms. The molecule has 2 heteroatoms. The second-order valence-electron chi connectivity index (χ2n) is 2.01. The standard InChI is InChI=1S/C6H10N2/c1-6(2)8-5-3-4-7-8/h3-6H,1-2H3/i3D. The zero-order chi connectivity index (χ0) is 6.85. The molecule has 1 heterocycles. The molecule has 0 aromatic carbocycles. The van der Waals surface area contributed by atoms with Gasteiger partial charge in [-0.25, -0.2) is 0 Å². The van der Waals surface area contributed by atoms with Crippen LogP contribution in [0, 0.1) is 0 Å². The lowest BCUT2D eigenvalue weighted by molar-refractivity contribution is 0.532. The van der Waals surface area contributed by atoms with Gasteiger partial charge in [0.1, 0.15) is 0 Å². The number of nitrogens with zero attached hydrogens (tertiary/aromatic N) is 2. The van der Waals surface area contributed by atoms with Gasteiger partial charge < -0.3 is 0 Å². The molecule has 0 radical (unpaired) electrons. The Morgan fingerprint density at radius 3 is 2.75 bits per heavy atom. The first kappa shape index (κ1) is 4.13. The maximum Gasteiger partial charge on any atom is 0.0656 e. The Hall–Kier alpha value is -0.790. The summed E-state index contributed by atoms with van der Waals surface area (Å²) in [6, 6.07) is 0.841. The maximum absolute atomic E-state index is 7.13. The molecule has 0 amide bonds. The molecule has 1 aromatic heterocycles. The van der Waals surface area contributed by atoms with Crippen LogP contribution in [0.4, 0.5) is 0 Å². The third kappa shape index (κ3) is 0.886. The topological polar surface area (TPSA) is 17.8 Å². The minimum absolute atomic E-state index is 0.365. The molecule has 0 fully saturated rings. The van der Waals surface area contributed by atoms with Crippen molar-refractivity contribution in [1.29, 1.82) is 0 Å². The van der Waals surface area contributed by atoms with Crippen molar-refractivity contribution in [3.8, 4) is 0 Å². The predicted octanol–water partition coefficient (Wildman–Crippen LogP) is 1.46. The van der Waals surface area contributed by atoms with Crippen molar-refractivity contribution in [1.82, 2.24) is 9.78 Å². The van der Waals surface area contributed by atoms with Crippen molar-refractivity contribution < 1.29 is 1.37 Å². The zero-order valence-corrected chi connectivity index (χ0v) is 5.13. The largest absolute Gasteiger partial charge is 0.270 e. The molecule has 0 N–H and O–H groups in total. The molecular formula is C6H10N2. The Labute approximate surface area is 50.5 Å². The van der Waals surface area contributed by atoms with Crippen LogP contribution in [0.3, 0.4) is 0 Å². The molecule has 1 rings (SSSR count). The van der Waals surface area contributed by atoms with Crippen molar-refractivity contribution in [2.75, 3.05) is 0 Å². The van der Waals surface area contributed by atoms with E-state index in [1.165, 1.54) is 0 Å². The van der Waals surface area contributed by atoms with E-state index >= 15 is 0 Å². The fraction of sp³-hybridized carbons (Fsp3) is 0.500. The minimum Gasteiger partial charge on any atom is -0.270 e. The molecule has 0 saturated heterocycles. The molecule has 44 valence electrons. The number of aromatic nitrogens is 2. The normalized spacial score (nSPS) is 12.1. The first-order chi connectivity index (χ1) is 4.20. The van der Waals surface area contributed by atoms with Crippen LogP contribution in [-0.2, 0) is 0 Å². The average Bonchev–Trinajstić information content (AvgIpc) is 2.14. The third-order valence-corrected chi connectivity index (χ3v) is 1.00. The van der Waals surface area contributed by atoms with Crippen LogP contribution in [0.15, 0.2) is 18.4 Å². The summed E-state index contributed by atoms with van der Waals surface area (Å²) in [4.78, 5) is 0. The van der Waals surface area contributed by atoms with Crippen molar-refractivity contribution in [3.63, 3.8) is 0 Å². The molecule has 0 aliphatic heterocycles. The van der Waals surface area contributed by atoms with Gasteiger partial charge in [-0.15, -0.1) is 0 Å². The SMILES string of the molecule is [2H]c1cnn(C(C)C)c1. The van der Waals surface area contributed by atoms with E-state index < -0.39 is 0 Å². The molecule has 0 bridgehead atoms. The summed E-state index contributed by atoms with van der Waals surface area (Å²) in [6.07, 6.45) is 3.25.